The van der Waals surface area contributed by atoms with Crippen LogP contribution in [0.25, 0.3) is 0 Å². The molecule has 0 unspecified atom stereocenters. The van der Waals surface area contributed by atoms with E-state index in [1.165, 1.54) is 52.3 Å². The predicted molar refractivity (Wildman–Crippen MR) is 175 cm³/mol. The molecule has 10 nitrogen and oxygen atoms in total. The maximum Gasteiger partial charge on any atom is 0.264 e. The molecule has 2 aromatic rings. The van der Waals surface area contributed by atoms with Crippen LogP contribution < -0.4 is 14.4 Å². The number of methoxy groups -OCH3 is 3. The van der Waals surface area contributed by atoms with Gasteiger partial charge in [0.25, 0.3) is 11.8 Å². The Labute approximate surface area is 272 Å². The Morgan fingerprint density at radius 1 is 0.913 bits per heavy atom. The summed E-state index contributed by atoms with van der Waals surface area (Å²) >= 11 is 0. The zero-order valence-corrected chi connectivity index (χ0v) is 27.5. The van der Waals surface area contributed by atoms with Crippen LogP contribution in [0.1, 0.15) is 90.2 Å². The van der Waals surface area contributed by atoms with Crippen molar-refractivity contribution in [2.75, 3.05) is 65.6 Å². The van der Waals surface area contributed by atoms with Crippen molar-refractivity contribution < 1.29 is 28.6 Å². The van der Waals surface area contributed by atoms with Gasteiger partial charge in [-0.25, -0.2) is 0 Å². The number of hydrogen-bond acceptors (Lipinski definition) is 7. The fraction of sp³-hybridized carbons (Fsp3) is 0.583. The van der Waals surface area contributed by atoms with Gasteiger partial charge in [0.1, 0.15) is 6.17 Å². The average molecular weight is 633 g/mol. The molecule has 2 aromatic carbocycles. The second-order valence-electron chi connectivity index (χ2n) is 13.0. The maximum absolute atomic E-state index is 13.9. The molecule has 2 fully saturated rings. The van der Waals surface area contributed by atoms with Gasteiger partial charge in [0.2, 0.25) is 5.91 Å². The van der Waals surface area contributed by atoms with Crippen molar-refractivity contribution >= 4 is 23.4 Å². The lowest BCUT2D eigenvalue weighted by Gasteiger charge is -2.45. The van der Waals surface area contributed by atoms with Crippen molar-refractivity contribution in [2.24, 2.45) is 5.92 Å². The zero-order chi connectivity index (χ0) is 32.2. The number of ether oxygens (including phenoxy) is 3. The zero-order valence-electron chi connectivity index (χ0n) is 27.5. The number of carbonyl (C=O) groups is 3. The number of amides is 3. The predicted octanol–water partition coefficient (Wildman–Crippen LogP) is 5.12. The van der Waals surface area contributed by atoms with E-state index in [0.29, 0.717) is 66.4 Å². The van der Waals surface area contributed by atoms with Gasteiger partial charge < -0.3 is 28.9 Å². The first-order chi connectivity index (χ1) is 22.5. The van der Waals surface area contributed by atoms with Crippen molar-refractivity contribution in [1.82, 2.24) is 14.7 Å². The first-order valence-corrected chi connectivity index (χ1v) is 17.0. The second-order valence-corrected chi connectivity index (χ2v) is 13.0. The van der Waals surface area contributed by atoms with Crippen LogP contribution in [0.2, 0.25) is 0 Å². The average Bonchev–Trinajstić information content (AvgIpc) is 3.39. The molecule has 248 valence electrons. The number of rotatable bonds is 13. The van der Waals surface area contributed by atoms with Crippen molar-refractivity contribution in [3.05, 3.63) is 53.1 Å². The first kappa shape index (κ1) is 32.3. The summed E-state index contributed by atoms with van der Waals surface area (Å²) in [6.45, 7) is 4.83. The highest BCUT2D eigenvalue weighted by Crippen LogP contribution is 2.49. The number of benzene rings is 2. The van der Waals surface area contributed by atoms with Gasteiger partial charge in [0.15, 0.2) is 11.5 Å². The Hall–Kier alpha value is -3.63. The molecule has 0 radical (unpaired) electrons. The highest BCUT2D eigenvalue weighted by atomic mass is 16.5. The van der Waals surface area contributed by atoms with Gasteiger partial charge in [-0.3, -0.25) is 19.3 Å². The number of carbonyl (C=O) groups excluding carboxylic acids is 3. The summed E-state index contributed by atoms with van der Waals surface area (Å²) in [6.07, 6.45) is 8.40. The standard InChI is InChI=1S/C36H48N4O6/c1-44-23-22-38(24-25-12-11-20-37-19-10-8-14-28(25)37)31(41)16-5-4-9-21-39-34-27-17-18-30(45-2)33(46-3)32(27)36(43)40(34)29-15-7-6-13-26(29)35(39)42/h6-7,13,15,17-18,25,28,34H,4-5,8-12,14,16,19-24H2,1-3H3/t25-,28+,34+/m0/s1. The molecule has 0 saturated carbocycles. The highest BCUT2D eigenvalue weighted by molar-refractivity contribution is 6.18. The quantitative estimate of drug-likeness (QED) is 0.283. The molecular weight excluding hydrogens is 584 g/mol. The van der Waals surface area contributed by atoms with E-state index in [0.717, 1.165) is 31.4 Å². The third-order valence-corrected chi connectivity index (χ3v) is 10.4. The normalized spacial score (nSPS) is 22.2. The van der Waals surface area contributed by atoms with E-state index in [-0.39, 0.29) is 17.7 Å². The SMILES string of the molecule is COCCN(C[C@@H]1CCCN2CCCC[C@H]12)C(=O)CCCCCN1C(=O)c2ccccc2N2C(=O)c3c(ccc(OC)c3OC)[C@H]12. The monoisotopic (exact) mass is 632 g/mol. The fourth-order valence-corrected chi connectivity index (χ4v) is 8.14. The molecule has 0 N–H and O–H groups in total. The molecular formula is C36H48N4O6. The molecule has 4 aliphatic heterocycles. The van der Waals surface area contributed by atoms with Gasteiger partial charge >= 0.3 is 0 Å². The Kier molecular flexibility index (Phi) is 10.1. The van der Waals surface area contributed by atoms with Gasteiger partial charge in [-0.1, -0.05) is 31.0 Å². The number of nitrogens with zero attached hydrogens (tertiary/aromatic N) is 4. The van der Waals surface area contributed by atoms with E-state index in [1.807, 2.05) is 29.2 Å². The number of para-hydroxylation sites is 1. The lowest BCUT2D eigenvalue weighted by molar-refractivity contribution is -0.133. The van der Waals surface area contributed by atoms with Gasteiger partial charge in [-0.15, -0.1) is 0 Å². The Bertz CT molecular complexity index is 1430. The second kappa shape index (κ2) is 14.4. The minimum atomic E-state index is -0.564. The molecule has 0 bridgehead atoms. The van der Waals surface area contributed by atoms with Crippen LogP contribution in [-0.4, -0.2) is 99.1 Å². The van der Waals surface area contributed by atoms with E-state index < -0.39 is 6.17 Å². The van der Waals surface area contributed by atoms with E-state index in [4.69, 9.17) is 14.2 Å². The molecule has 2 saturated heterocycles. The molecule has 3 amide bonds. The van der Waals surface area contributed by atoms with Crippen LogP contribution in [0, 0.1) is 5.92 Å². The van der Waals surface area contributed by atoms with Crippen LogP contribution in [0.15, 0.2) is 36.4 Å². The van der Waals surface area contributed by atoms with Gasteiger partial charge in [0.05, 0.1) is 37.6 Å². The Morgan fingerprint density at radius 3 is 2.54 bits per heavy atom. The lowest BCUT2D eigenvalue weighted by Crippen LogP contribution is -2.52. The number of fused-ring (bicyclic) bond motifs is 6. The number of unbranched alkanes of at least 4 members (excludes halogenated alkanes) is 2. The van der Waals surface area contributed by atoms with Crippen LogP contribution in [0.4, 0.5) is 5.69 Å². The third-order valence-electron chi connectivity index (χ3n) is 10.4. The molecule has 0 aliphatic carbocycles. The van der Waals surface area contributed by atoms with Crippen molar-refractivity contribution in [3.8, 4) is 11.5 Å². The summed E-state index contributed by atoms with van der Waals surface area (Å²) in [7, 11) is 4.76. The Morgan fingerprint density at radius 2 is 1.74 bits per heavy atom. The van der Waals surface area contributed by atoms with E-state index in [1.54, 1.807) is 36.2 Å². The lowest BCUT2D eigenvalue weighted by atomic mass is 9.83. The van der Waals surface area contributed by atoms with Crippen LogP contribution in [0.3, 0.4) is 0 Å². The van der Waals surface area contributed by atoms with E-state index in [2.05, 4.69) is 4.90 Å². The van der Waals surface area contributed by atoms with Crippen molar-refractivity contribution in [3.63, 3.8) is 0 Å². The number of anilines is 1. The number of piperidine rings is 2. The van der Waals surface area contributed by atoms with Crippen LogP contribution >= 0.6 is 0 Å². The summed E-state index contributed by atoms with van der Waals surface area (Å²) in [4.78, 5) is 49.5. The largest absolute Gasteiger partial charge is 0.493 e. The molecule has 46 heavy (non-hydrogen) atoms. The van der Waals surface area contributed by atoms with Gasteiger partial charge in [-0.2, -0.15) is 0 Å². The topological polar surface area (TPSA) is 91.9 Å². The molecule has 6 rings (SSSR count). The van der Waals surface area contributed by atoms with Crippen molar-refractivity contribution in [2.45, 2.75) is 70.0 Å². The summed E-state index contributed by atoms with van der Waals surface area (Å²) in [6, 6.07) is 11.5. The highest BCUT2D eigenvalue weighted by Gasteiger charge is 2.49. The molecule has 10 heteroatoms. The van der Waals surface area contributed by atoms with E-state index in [9.17, 15) is 14.4 Å². The maximum atomic E-state index is 13.9. The van der Waals surface area contributed by atoms with Crippen LogP contribution in [-0.2, 0) is 9.53 Å². The summed E-state index contributed by atoms with van der Waals surface area (Å²) in [5.74, 6) is 1.27. The van der Waals surface area contributed by atoms with Crippen molar-refractivity contribution in [1.29, 1.82) is 0 Å². The summed E-state index contributed by atoms with van der Waals surface area (Å²) in [5, 5.41) is 0. The van der Waals surface area contributed by atoms with Gasteiger partial charge in [0, 0.05) is 44.8 Å². The molecule has 4 heterocycles. The van der Waals surface area contributed by atoms with Gasteiger partial charge in [-0.05, 0) is 75.7 Å². The van der Waals surface area contributed by atoms with E-state index >= 15 is 0 Å². The minimum Gasteiger partial charge on any atom is -0.493 e. The molecule has 0 spiro atoms. The number of hydrogen-bond donors (Lipinski definition) is 0. The molecule has 3 atom stereocenters. The first-order valence-electron chi connectivity index (χ1n) is 17.0. The Balaban J connectivity index is 1.11. The fourth-order valence-electron chi connectivity index (χ4n) is 8.14. The van der Waals surface area contributed by atoms with Crippen LogP contribution in [0.5, 0.6) is 11.5 Å². The summed E-state index contributed by atoms with van der Waals surface area (Å²) < 4.78 is 16.5. The minimum absolute atomic E-state index is 0.0988. The molecule has 4 aliphatic rings. The smallest absolute Gasteiger partial charge is 0.264 e. The third kappa shape index (κ3) is 6.09. The molecule has 0 aromatic heterocycles. The summed E-state index contributed by atoms with van der Waals surface area (Å²) in [5.41, 5.74) is 2.27.